The van der Waals surface area contributed by atoms with Crippen LogP contribution in [0.25, 0.3) is 0 Å². The lowest BCUT2D eigenvalue weighted by Crippen LogP contribution is -2.03. The highest BCUT2D eigenvalue weighted by Gasteiger charge is 2.02. The van der Waals surface area contributed by atoms with Gasteiger partial charge in [-0.3, -0.25) is 0 Å². The van der Waals surface area contributed by atoms with Crippen LogP contribution in [0.3, 0.4) is 0 Å². The van der Waals surface area contributed by atoms with Crippen LogP contribution in [0.4, 0.5) is 0 Å². The second kappa shape index (κ2) is 3.59. The van der Waals surface area contributed by atoms with E-state index in [0.29, 0.717) is 11.3 Å². The molecule has 0 bridgehead atoms. The zero-order valence-corrected chi connectivity index (χ0v) is 7.83. The first kappa shape index (κ1) is 8.60. The van der Waals surface area contributed by atoms with Crippen molar-refractivity contribution >= 4 is 18.5 Å². The molecule has 0 saturated carbocycles. The molecule has 0 N–H and O–H groups in total. The zero-order valence-electron chi connectivity index (χ0n) is 5.52. The van der Waals surface area contributed by atoms with Crippen LogP contribution < -0.4 is 0 Å². The van der Waals surface area contributed by atoms with Crippen LogP contribution in [0.2, 0.25) is 0 Å². The minimum absolute atomic E-state index is 0.544. The molecule has 8 heavy (non-hydrogen) atoms. The summed E-state index contributed by atoms with van der Waals surface area (Å²) in [5, 5.41) is 0. The van der Waals surface area contributed by atoms with Gasteiger partial charge in [-0.1, -0.05) is 26.0 Å². The lowest BCUT2D eigenvalue weighted by atomic mass is 10.2. The third-order valence-electron chi connectivity index (χ3n) is 1.17. The van der Waals surface area contributed by atoms with Gasteiger partial charge in [0.15, 0.2) is 0 Å². The van der Waals surface area contributed by atoms with Gasteiger partial charge in [0.05, 0.1) is 0 Å². The van der Waals surface area contributed by atoms with E-state index in [-0.39, 0.29) is 0 Å². The first-order chi connectivity index (χ1) is 3.55. The Morgan fingerprint density at radius 2 is 1.50 bits per heavy atom. The van der Waals surface area contributed by atoms with Crippen molar-refractivity contribution in [2.45, 2.75) is 25.2 Å². The van der Waals surface area contributed by atoms with Crippen molar-refractivity contribution in [3.8, 4) is 0 Å². The molecule has 0 aliphatic rings. The largest absolute Gasteiger partial charge is 0.130 e. The molecule has 4 unspecified atom stereocenters. The van der Waals surface area contributed by atoms with E-state index in [0.717, 1.165) is 0 Å². The molecule has 4 atom stereocenters. The number of hydrogen-bond acceptors (Lipinski definition) is 0. The van der Waals surface area contributed by atoms with Gasteiger partial charge in [-0.05, 0) is 11.3 Å². The lowest BCUT2D eigenvalue weighted by molar-refractivity contribution is 1.02. The first-order valence-corrected chi connectivity index (χ1v) is 4.09. The molecule has 0 rings (SSSR count). The van der Waals surface area contributed by atoms with E-state index in [4.69, 9.17) is 0 Å². The van der Waals surface area contributed by atoms with E-state index >= 15 is 0 Å². The Hall–Kier alpha value is 0.600. The van der Waals surface area contributed by atoms with E-state index < -0.39 is 0 Å². The number of rotatable bonds is 2. The van der Waals surface area contributed by atoms with Gasteiger partial charge in [-0.25, -0.2) is 0 Å². The fraction of sp³-hybridized carbons (Fsp3) is 0.667. The van der Waals surface area contributed by atoms with Crippen LogP contribution in [0.1, 0.15) is 13.8 Å². The molecular weight excluding hydrogens is 134 g/mol. The van der Waals surface area contributed by atoms with E-state index in [1.807, 2.05) is 0 Å². The van der Waals surface area contributed by atoms with E-state index in [9.17, 15) is 0 Å². The summed E-state index contributed by atoms with van der Waals surface area (Å²) in [5.74, 6) is 0. The number of allylic oxidation sites excluding steroid dienone is 1. The molecule has 0 aromatic rings. The third kappa shape index (κ3) is 2.80. The highest BCUT2D eigenvalue weighted by molar-refractivity contribution is 7.19. The summed E-state index contributed by atoms with van der Waals surface area (Å²) in [6.07, 6.45) is 0. The Morgan fingerprint density at radius 1 is 1.25 bits per heavy atom. The van der Waals surface area contributed by atoms with Crippen molar-refractivity contribution < 1.29 is 0 Å². The summed E-state index contributed by atoms with van der Waals surface area (Å²) in [4.78, 5) is 0. The number of hydrogen-bond donors (Lipinski definition) is 0. The minimum Gasteiger partial charge on any atom is -0.130 e. The van der Waals surface area contributed by atoms with Gasteiger partial charge in [0.25, 0.3) is 0 Å². The van der Waals surface area contributed by atoms with Gasteiger partial charge in [0, 0.05) is 0 Å². The Balaban J connectivity index is 3.65. The lowest BCUT2D eigenvalue weighted by Gasteiger charge is -2.11. The van der Waals surface area contributed by atoms with Crippen LogP contribution >= 0.6 is 18.5 Å². The van der Waals surface area contributed by atoms with Crippen LogP contribution in [-0.4, -0.2) is 11.3 Å². The molecule has 0 aliphatic carbocycles. The summed E-state index contributed by atoms with van der Waals surface area (Å²) in [6, 6.07) is 0. The molecule has 0 aromatic heterocycles. The Labute approximate surface area is 56.5 Å². The van der Waals surface area contributed by atoms with Crippen molar-refractivity contribution in [1.82, 2.24) is 0 Å². The monoisotopic (exact) mass is 148 g/mol. The highest BCUT2D eigenvalue weighted by Crippen LogP contribution is 2.18. The molecule has 0 spiro atoms. The van der Waals surface area contributed by atoms with Crippen molar-refractivity contribution in [3.05, 3.63) is 12.2 Å². The van der Waals surface area contributed by atoms with Crippen molar-refractivity contribution in [2.24, 2.45) is 0 Å². The minimum atomic E-state index is 0.544. The van der Waals surface area contributed by atoms with Gasteiger partial charge in [-0.15, -0.1) is 18.5 Å². The van der Waals surface area contributed by atoms with Gasteiger partial charge in [-0.2, -0.15) is 0 Å². The SMILES string of the molecule is C=C(C(C)P)C(C)P. The maximum Gasteiger partial charge on any atom is -0.00805 e. The normalized spacial score (nSPS) is 17.5. The molecule has 0 radical (unpaired) electrons. The fourth-order valence-corrected chi connectivity index (χ4v) is 1.24. The van der Waals surface area contributed by atoms with Gasteiger partial charge in [0.2, 0.25) is 0 Å². The van der Waals surface area contributed by atoms with Crippen LogP contribution in [0.15, 0.2) is 12.2 Å². The standard InChI is InChI=1S/C6H14P2/c1-4(5(2)7)6(3)8/h5-6H,1,7-8H2,2-3H3. The van der Waals surface area contributed by atoms with E-state index in [1.165, 1.54) is 5.57 Å². The summed E-state index contributed by atoms with van der Waals surface area (Å²) >= 11 is 0. The van der Waals surface area contributed by atoms with Gasteiger partial charge < -0.3 is 0 Å². The molecule has 0 aromatic carbocycles. The van der Waals surface area contributed by atoms with Crippen molar-refractivity contribution in [1.29, 1.82) is 0 Å². The predicted octanol–water partition coefficient (Wildman–Crippen LogP) is 2.07. The Morgan fingerprint density at radius 3 is 1.50 bits per heavy atom. The maximum atomic E-state index is 3.91. The van der Waals surface area contributed by atoms with Gasteiger partial charge >= 0.3 is 0 Å². The molecule has 0 nitrogen and oxygen atoms in total. The van der Waals surface area contributed by atoms with E-state index in [2.05, 4.69) is 38.9 Å². The topological polar surface area (TPSA) is 0 Å². The summed E-state index contributed by atoms with van der Waals surface area (Å²) in [6.45, 7) is 8.18. The quantitative estimate of drug-likeness (QED) is 0.415. The molecule has 0 saturated heterocycles. The highest BCUT2D eigenvalue weighted by atomic mass is 31.0. The van der Waals surface area contributed by atoms with Crippen LogP contribution in [0.5, 0.6) is 0 Å². The average Bonchev–Trinajstić information content (AvgIpc) is 1.64. The third-order valence-corrected chi connectivity index (χ3v) is 2.03. The average molecular weight is 148 g/mol. The van der Waals surface area contributed by atoms with Crippen molar-refractivity contribution in [2.75, 3.05) is 0 Å². The smallest absolute Gasteiger partial charge is 0.00805 e. The Bertz CT molecular complexity index is 74.5. The van der Waals surface area contributed by atoms with Crippen LogP contribution in [-0.2, 0) is 0 Å². The molecular formula is C6H14P2. The molecule has 48 valence electrons. The predicted molar refractivity (Wildman–Crippen MR) is 47.5 cm³/mol. The molecule has 0 heterocycles. The molecule has 0 amide bonds. The van der Waals surface area contributed by atoms with Crippen molar-refractivity contribution in [3.63, 3.8) is 0 Å². The van der Waals surface area contributed by atoms with Gasteiger partial charge in [0.1, 0.15) is 0 Å². The summed E-state index contributed by atoms with van der Waals surface area (Å²) in [5.41, 5.74) is 2.37. The Kier molecular flexibility index (Phi) is 3.86. The maximum absolute atomic E-state index is 3.91. The zero-order chi connectivity index (χ0) is 6.73. The second-order valence-corrected chi connectivity index (χ2v) is 4.15. The fourth-order valence-electron chi connectivity index (χ4n) is 0.415. The van der Waals surface area contributed by atoms with Crippen LogP contribution in [0, 0.1) is 0 Å². The summed E-state index contributed by atoms with van der Waals surface area (Å²) in [7, 11) is 5.46. The van der Waals surface area contributed by atoms with E-state index in [1.54, 1.807) is 0 Å². The molecule has 0 fully saturated rings. The summed E-state index contributed by atoms with van der Waals surface area (Å²) < 4.78 is 0. The first-order valence-electron chi connectivity index (χ1n) is 2.75. The second-order valence-electron chi connectivity index (χ2n) is 2.15. The molecule has 2 heteroatoms. The molecule has 0 aliphatic heterocycles.